The van der Waals surface area contributed by atoms with Gasteiger partial charge in [-0.05, 0) is 63.2 Å². The third-order valence-corrected chi connectivity index (χ3v) is 5.28. The Labute approximate surface area is 205 Å². The molecule has 35 heavy (non-hydrogen) atoms. The van der Waals surface area contributed by atoms with Crippen LogP contribution in [0.15, 0.2) is 47.6 Å². The molecule has 0 aliphatic heterocycles. The second-order valence-electron chi connectivity index (χ2n) is 7.43. The summed E-state index contributed by atoms with van der Waals surface area (Å²) >= 11 is 5.84. The van der Waals surface area contributed by atoms with E-state index in [2.05, 4.69) is 15.6 Å². The van der Waals surface area contributed by atoms with Gasteiger partial charge in [-0.1, -0.05) is 11.6 Å². The summed E-state index contributed by atoms with van der Waals surface area (Å²) in [6.45, 7) is 4.46. The molecule has 0 saturated heterocycles. The summed E-state index contributed by atoms with van der Waals surface area (Å²) in [4.78, 5) is 35.3. The van der Waals surface area contributed by atoms with Crippen molar-refractivity contribution in [3.63, 3.8) is 0 Å². The van der Waals surface area contributed by atoms with Gasteiger partial charge in [0.05, 0.1) is 23.3 Å². The van der Waals surface area contributed by atoms with Gasteiger partial charge in [0.1, 0.15) is 17.9 Å². The van der Waals surface area contributed by atoms with Crippen molar-refractivity contribution < 1.29 is 24.0 Å². The van der Waals surface area contributed by atoms with Crippen molar-refractivity contribution in [3.8, 4) is 11.5 Å². The topological polar surface area (TPSA) is 138 Å². The molecule has 1 heterocycles. The minimum Gasteiger partial charge on any atom is -0.493 e. The molecular formula is C23H22ClN5O6. The number of nitrogens with one attached hydrogen (secondary N) is 1. The molecule has 0 aliphatic rings. The first-order valence-corrected chi connectivity index (χ1v) is 10.7. The molecule has 1 aromatic heterocycles. The molecule has 0 spiro atoms. The summed E-state index contributed by atoms with van der Waals surface area (Å²) in [7, 11) is 1.43. The van der Waals surface area contributed by atoms with Crippen molar-refractivity contribution >= 4 is 34.9 Å². The van der Waals surface area contributed by atoms with Gasteiger partial charge in [0.15, 0.2) is 11.5 Å². The molecule has 0 radical (unpaired) electrons. The van der Waals surface area contributed by atoms with Gasteiger partial charge >= 0.3 is 11.7 Å². The number of methoxy groups -OCH3 is 1. The Morgan fingerprint density at radius 2 is 1.80 bits per heavy atom. The number of nitro groups is 1. The number of benzene rings is 2. The van der Waals surface area contributed by atoms with E-state index in [0.717, 1.165) is 0 Å². The number of amides is 1. The van der Waals surface area contributed by atoms with Crippen molar-refractivity contribution in [1.29, 1.82) is 0 Å². The molecule has 0 atom stereocenters. The molecular weight excluding hydrogens is 478 g/mol. The van der Waals surface area contributed by atoms with E-state index in [1.54, 1.807) is 49.4 Å². The first kappa shape index (κ1) is 25.4. The summed E-state index contributed by atoms with van der Waals surface area (Å²) < 4.78 is 12.0. The smallest absolute Gasteiger partial charge is 0.343 e. The monoisotopic (exact) mass is 499 g/mol. The Bertz CT molecular complexity index is 1320. The van der Waals surface area contributed by atoms with Crippen molar-refractivity contribution in [2.24, 2.45) is 5.10 Å². The van der Waals surface area contributed by atoms with E-state index >= 15 is 0 Å². The summed E-state index contributed by atoms with van der Waals surface area (Å²) in [5.74, 6) is -0.583. The summed E-state index contributed by atoms with van der Waals surface area (Å²) in [5, 5.41) is 19.7. The second kappa shape index (κ2) is 10.8. The Morgan fingerprint density at radius 1 is 1.14 bits per heavy atom. The van der Waals surface area contributed by atoms with Crippen LogP contribution >= 0.6 is 11.6 Å². The number of carbonyl (C=O) groups excluding carboxylic acids is 2. The maximum absolute atomic E-state index is 12.4. The molecule has 0 bridgehead atoms. The SMILES string of the molecule is COc1cc(C(C)=NNC(=O)Cn2nc(C)c([N+](=O)[O-])c2C)ccc1OC(=O)c1ccc(Cl)cc1. The number of ether oxygens (including phenoxy) is 2. The average molecular weight is 500 g/mol. The predicted molar refractivity (Wildman–Crippen MR) is 128 cm³/mol. The number of nitrogens with zero attached hydrogens (tertiary/aromatic N) is 4. The number of aryl methyl sites for hydroxylation is 1. The lowest BCUT2D eigenvalue weighted by Crippen LogP contribution is -2.25. The van der Waals surface area contributed by atoms with Gasteiger partial charge in [0.25, 0.3) is 5.91 Å². The highest BCUT2D eigenvalue weighted by molar-refractivity contribution is 6.30. The number of hydrazone groups is 1. The van der Waals surface area contributed by atoms with E-state index in [1.165, 1.54) is 25.6 Å². The van der Waals surface area contributed by atoms with Gasteiger partial charge in [-0.3, -0.25) is 19.6 Å². The van der Waals surface area contributed by atoms with Gasteiger partial charge in [-0.25, -0.2) is 10.2 Å². The van der Waals surface area contributed by atoms with Crippen molar-refractivity contribution in [3.05, 3.63) is 80.1 Å². The van der Waals surface area contributed by atoms with Crippen LogP contribution in [0.5, 0.6) is 11.5 Å². The quantitative estimate of drug-likeness (QED) is 0.163. The number of rotatable bonds is 8. The van der Waals surface area contributed by atoms with Gasteiger partial charge in [-0.15, -0.1) is 0 Å². The highest BCUT2D eigenvalue weighted by Gasteiger charge is 2.22. The van der Waals surface area contributed by atoms with Crippen LogP contribution < -0.4 is 14.9 Å². The molecule has 182 valence electrons. The lowest BCUT2D eigenvalue weighted by atomic mass is 10.1. The lowest BCUT2D eigenvalue weighted by Gasteiger charge is -2.11. The van der Waals surface area contributed by atoms with E-state index in [1.807, 2.05) is 0 Å². The van der Waals surface area contributed by atoms with E-state index < -0.39 is 16.8 Å². The molecule has 3 rings (SSSR count). The number of carbonyl (C=O) groups is 2. The van der Waals surface area contributed by atoms with Gasteiger partial charge in [-0.2, -0.15) is 10.2 Å². The largest absolute Gasteiger partial charge is 0.493 e. The molecule has 0 aliphatic carbocycles. The molecule has 11 nitrogen and oxygen atoms in total. The number of hydrogen-bond acceptors (Lipinski definition) is 8. The fourth-order valence-electron chi connectivity index (χ4n) is 3.21. The Morgan fingerprint density at radius 3 is 2.40 bits per heavy atom. The Balaban J connectivity index is 1.69. The normalized spacial score (nSPS) is 11.2. The van der Waals surface area contributed by atoms with Crippen molar-refractivity contribution in [1.82, 2.24) is 15.2 Å². The number of hydrogen-bond donors (Lipinski definition) is 1. The number of aromatic nitrogens is 2. The maximum atomic E-state index is 12.4. The maximum Gasteiger partial charge on any atom is 0.343 e. The van der Waals surface area contributed by atoms with Crippen LogP contribution in [-0.2, 0) is 11.3 Å². The van der Waals surface area contributed by atoms with Crippen LogP contribution in [0, 0.1) is 24.0 Å². The summed E-state index contributed by atoms with van der Waals surface area (Å²) in [6, 6.07) is 11.1. The third-order valence-electron chi connectivity index (χ3n) is 5.03. The second-order valence-corrected chi connectivity index (χ2v) is 7.86. The van der Waals surface area contributed by atoms with Gasteiger partial charge in [0, 0.05) is 10.6 Å². The molecule has 0 fully saturated rings. The summed E-state index contributed by atoms with van der Waals surface area (Å²) in [5.41, 5.74) is 4.17. The van der Waals surface area contributed by atoms with Crippen LogP contribution in [0.3, 0.4) is 0 Å². The van der Waals surface area contributed by atoms with Crippen molar-refractivity contribution in [2.75, 3.05) is 7.11 Å². The molecule has 1 amide bonds. The highest BCUT2D eigenvalue weighted by Crippen LogP contribution is 2.29. The molecule has 0 unspecified atom stereocenters. The Hall–Kier alpha value is -4.25. The lowest BCUT2D eigenvalue weighted by molar-refractivity contribution is -0.386. The first-order chi connectivity index (χ1) is 16.6. The van der Waals surface area contributed by atoms with E-state index in [4.69, 9.17) is 21.1 Å². The zero-order valence-electron chi connectivity index (χ0n) is 19.4. The fourth-order valence-corrected chi connectivity index (χ4v) is 3.34. The van der Waals surface area contributed by atoms with Crippen LogP contribution in [0.1, 0.15) is 34.2 Å². The van der Waals surface area contributed by atoms with E-state index in [9.17, 15) is 19.7 Å². The molecule has 12 heteroatoms. The molecule has 1 N–H and O–H groups in total. The number of esters is 1. The van der Waals surface area contributed by atoms with Gasteiger partial charge < -0.3 is 9.47 Å². The third kappa shape index (κ3) is 6.01. The fraction of sp³-hybridized carbons (Fsp3) is 0.217. The van der Waals surface area contributed by atoms with Crippen LogP contribution in [0.4, 0.5) is 5.69 Å². The van der Waals surface area contributed by atoms with Crippen LogP contribution in [0.25, 0.3) is 0 Å². The van der Waals surface area contributed by atoms with E-state index in [0.29, 0.717) is 27.6 Å². The van der Waals surface area contributed by atoms with E-state index in [-0.39, 0.29) is 29.4 Å². The minimum absolute atomic E-state index is 0.124. The van der Waals surface area contributed by atoms with Crippen LogP contribution in [0.2, 0.25) is 5.02 Å². The van der Waals surface area contributed by atoms with Crippen LogP contribution in [-0.4, -0.2) is 39.4 Å². The molecule has 2 aromatic carbocycles. The Kier molecular flexibility index (Phi) is 7.82. The first-order valence-electron chi connectivity index (χ1n) is 10.3. The molecule has 0 saturated carbocycles. The molecule has 3 aromatic rings. The number of halogens is 1. The average Bonchev–Trinajstić information content (AvgIpc) is 3.10. The van der Waals surface area contributed by atoms with Crippen molar-refractivity contribution in [2.45, 2.75) is 27.3 Å². The summed E-state index contributed by atoms with van der Waals surface area (Å²) in [6.07, 6.45) is 0. The zero-order chi connectivity index (χ0) is 25.7. The standard InChI is InChI=1S/C23H22ClN5O6/c1-13(25-26-21(30)12-28-15(3)22(29(32)33)14(2)27-28)17-7-10-19(20(11-17)34-4)35-23(31)16-5-8-18(24)9-6-16/h5-11H,12H2,1-4H3,(H,26,30). The predicted octanol–water partition coefficient (Wildman–Crippen LogP) is 3.83. The minimum atomic E-state index is -0.574. The zero-order valence-corrected chi connectivity index (χ0v) is 20.1. The highest BCUT2D eigenvalue weighted by atomic mass is 35.5. The van der Waals surface area contributed by atoms with Gasteiger partial charge in [0.2, 0.25) is 0 Å².